The van der Waals surface area contributed by atoms with Gasteiger partial charge in [0.1, 0.15) is 12.4 Å². The van der Waals surface area contributed by atoms with Gasteiger partial charge in [-0.15, -0.1) is 0 Å². The summed E-state index contributed by atoms with van der Waals surface area (Å²) in [7, 11) is 1.50. The van der Waals surface area contributed by atoms with E-state index in [1.54, 1.807) is 18.4 Å². The molecule has 2 aliphatic rings. The molecule has 4 atom stereocenters. The Hall–Kier alpha value is -2.82. The van der Waals surface area contributed by atoms with Crippen molar-refractivity contribution in [2.24, 2.45) is 22.7 Å². The Morgan fingerprint density at radius 3 is 2.65 bits per heavy atom. The van der Waals surface area contributed by atoms with Crippen LogP contribution in [0.15, 0.2) is 59.2 Å². The maximum atomic E-state index is 12.8. The number of ether oxygens (including phenoxy) is 2. The summed E-state index contributed by atoms with van der Waals surface area (Å²) >= 11 is 0. The normalized spacial score (nSPS) is 28.7. The predicted molar refractivity (Wildman–Crippen MR) is 130 cm³/mol. The highest BCUT2D eigenvalue weighted by atomic mass is 16.5. The third-order valence-corrected chi connectivity index (χ3v) is 8.56. The predicted octanol–water partition coefficient (Wildman–Crippen LogP) is 6.52. The van der Waals surface area contributed by atoms with Gasteiger partial charge >= 0.3 is 11.9 Å². The molecule has 182 valence electrons. The summed E-state index contributed by atoms with van der Waals surface area (Å²) in [6.45, 7) is 9.01. The van der Waals surface area contributed by atoms with Gasteiger partial charge in [0, 0.05) is 0 Å². The Bertz CT molecular complexity index is 1040. The highest BCUT2D eigenvalue weighted by Crippen LogP contribution is 2.62. The van der Waals surface area contributed by atoms with E-state index in [2.05, 4.69) is 20.4 Å². The number of rotatable bonds is 7. The second kappa shape index (κ2) is 9.81. The minimum atomic E-state index is -0.437. The zero-order valence-electron chi connectivity index (χ0n) is 20.6. The van der Waals surface area contributed by atoms with Crippen LogP contribution in [0.25, 0.3) is 0 Å². The fourth-order valence-corrected chi connectivity index (χ4v) is 6.76. The molecular formula is C29H36O5. The molecule has 0 bridgehead atoms. The lowest BCUT2D eigenvalue weighted by molar-refractivity contribution is -0.168. The molecule has 4 rings (SSSR count). The number of methoxy groups -OCH3 is 1. The number of aryl methyl sites for hydroxylation is 1. The van der Waals surface area contributed by atoms with Crippen molar-refractivity contribution in [2.75, 3.05) is 7.11 Å². The standard InChI is InChI=1S/C29H36O5/c1-20-11-14-25-28(2,16-8-17-29(25,3)27(31)32-4)23(20)13-12-21-15-18-33-24(21)19-34-26(30)22-9-6-5-7-10-22/h5-7,9-10,15,18,23,25H,1,8,11-14,16-17,19H2,2-4H3. The Morgan fingerprint density at radius 2 is 1.91 bits per heavy atom. The molecule has 2 fully saturated rings. The monoisotopic (exact) mass is 464 g/mol. The molecule has 5 heteroatoms. The van der Waals surface area contributed by atoms with Crippen LogP contribution < -0.4 is 0 Å². The van der Waals surface area contributed by atoms with Crippen LogP contribution in [0.3, 0.4) is 0 Å². The lowest BCUT2D eigenvalue weighted by Gasteiger charge is -2.57. The van der Waals surface area contributed by atoms with Gasteiger partial charge in [0.25, 0.3) is 0 Å². The summed E-state index contributed by atoms with van der Waals surface area (Å²) in [5, 5.41) is 0. The van der Waals surface area contributed by atoms with Crippen molar-refractivity contribution in [1.82, 2.24) is 0 Å². The molecule has 0 aliphatic heterocycles. The number of carbonyl (C=O) groups excluding carboxylic acids is 2. The molecule has 0 amide bonds. The van der Waals surface area contributed by atoms with Crippen LogP contribution in [0.5, 0.6) is 0 Å². The third kappa shape index (κ3) is 4.45. The number of allylic oxidation sites excluding steroid dienone is 1. The highest BCUT2D eigenvalue weighted by molar-refractivity contribution is 5.89. The van der Waals surface area contributed by atoms with Gasteiger partial charge in [-0.1, -0.05) is 43.7 Å². The molecule has 1 aromatic carbocycles. The van der Waals surface area contributed by atoms with E-state index in [-0.39, 0.29) is 29.9 Å². The van der Waals surface area contributed by atoms with Gasteiger partial charge in [-0.2, -0.15) is 0 Å². The van der Waals surface area contributed by atoms with E-state index in [1.807, 2.05) is 24.3 Å². The molecule has 0 radical (unpaired) electrons. The maximum absolute atomic E-state index is 12.8. The molecule has 0 N–H and O–H groups in total. The van der Waals surface area contributed by atoms with E-state index in [1.165, 1.54) is 12.7 Å². The van der Waals surface area contributed by atoms with Crippen molar-refractivity contribution in [3.8, 4) is 0 Å². The van der Waals surface area contributed by atoms with Gasteiger partial charge in [0.2, 0.25) is 0 Å². The van der Waals surface area contributed by atoms with Crippen molar-refractivity contribution in [1.29, 1.82) is 0 Å². The van der Waals surface area contributed by atoms with Crippen molar-refractivity contribution in [3.05, 3.63) is 71.7 Å². The summed E-state index contributed by atoms with van der Waals surface area (Å²) in [5.41, 5.74) is 2.45. The van der Waals surface area contributed by atoms with Crippen molar-refractivity contribution in [2.45, 2.75) is 65.4 Å². The van der Waals surface area contributed by atoms with Gasteiger partial charge < -0.3 is 13.9 Å². The molecule has 1 aromatic heterocycles. The number of hydrogen-bond donors (Lipinski definition) is 0. The first-order valence-corrected chi connectivity index (χ1v) is 12.3. The zero-order chi connectivity index (χ0) is 24.3. The van der Waals surface area contributed by atoms with Gasteiger partial charge in [0.15, 0.2) is 0 Å². The van der Waals surface area contributed by atoms with Gasteiger partial charge in [-0.05, 0) is 86.5 Å². The van der Waals surface area contributed by atoms with Crippen LogP contribution in [0.2, 0.25) is 0 Å². The zero-order valence-corrected chi connectivity index (χ0v) is 20.6. The molecular weight excluding hydrogens is 428 g/mol. The fourth-order valence-electron chi connectivity index (χ4n) is 6.76. The largest absolute Gasteiger partial charge is 0.469 e. The molecule has 2 aliphatic carbocycles. The number of esters is 2. The number of benzene rings is 1. The van der Waals surface area contributed by atoms with Gasteiger partial charge in [-0.3, -0.25) is 4.79 Å². The Labute approximate surface area is 202 Å². The van der Waals surface area contributed by atoms with Gasteiger partial charge in [0.05, 0.1) is 24.4 Å². The highest BCUT2D eigenvalue weighted by Gasteiger charge is 2.57. The van der Waals surface area contributed by atoms with E-state index in [0.29, 0.717) is 17.2 Å². The van der Waals surface area contributed by atoms with Crippen LogP contribution in [0.1, 0.15) is 74.1 Å². The van der Waals surface area contributed by atoms with E-state index >= 15 is 0 Å². The van der Waals surface area contributed by atoms with Crippen molar-refractivity contribution >= 4 is 11.9 Å². The Morgan fingerprint density at radius 1 is 1.15 bits per heavy atom. The Balaban J connectivity index is 1.45. The number of fused-ring (bicyclic) bond motifs is 1. The lowest BCUT2D eigenvalue weighted by atomic mass is 9.46. The van der Waals surface area contributed by atoms with E-state index in [0.717, 1.165) is 50.5 Å². The van der Waals surface area contributed by atoms with Crippen LogP contribution in [-0.2, 0) is 27.3 Å². The van der Waals surface area contributed by atoms with Gasteiger partial charge in [-0.25, -0.2) is 4.79 Å². The van der Waals surface area contributed by atoms with Crippen molar-refractivity contribution < 1.29 is 23.5 Å². The first-order chi connectivity index (χ1) is 16.3. The first kappa shape index (κ1) is 24.3. The first-order valence-electron chi connectivity index (χ1n) is 12.3. The van der Waals surface area contributed by atoms with E-state index in [9.17, 15) is 9.59 Å². The summed E-state index contributed by atoms with van der Waals surface area (Å²) < 4.78 is 16.4. The maximum Gasteiger partial charge on any atom is 0.338 e. The average Bonchev–Trinajstić information content (AvgIpc) is 3.29. The summed E-state index contributed by atoms with van der Waals surface area (Å²) in [5.74, 6) is 0.864. The quantitative estimate of drug-likeness (QED) is 0.345. The molecule has 4 unspecified atom stereocenters. The molecule has 5 nitrogen and oxygen atoms in total. The second-order valence-electron chi connectivity index (χ2n) is 10.4. The van der Waals surface area contributed by atoms with E-state index in [4.69, 9.17) is 13.9 Å². The minimum Gasteiger partial charge on any atom is -0.469 e. The van der Waals surface area contributed by atoms with E-state index < -0.39 is 5.41 Å². The molecule has 1 heterocycles. The molecule has 0 spiro atoms. The molecule has 34 heavy (non-hydrogen) atoms. The summed E-state index contributed by atoms with van der Waals surface area (Å²) in [6.07, 6.45) is 8.36. The SMILES string of the molecule is C=C1CCC2C(C)(C(=O)OC)CCCC2(C)C1CCc1ccoc1COC(=O)c1ccccc1. The molecule has 2 saturated carbocycles. The minimum absolute atomic E-state index is 0.0141. The van der Waals surface area contributed by atoms with Crippen LogP contribution >= 0.6 is 0 Å². The summed E-state index contributed by atoms with van der Waals surface area (Å²) in [4.78, 5) is 25.1. The molecule has 0 saturated heterocycles. The van der Waals surface area contributed by atoms with Crippen molar-refractivity contribution in [3.63, 3.8) is 0 Å². The number of furan rings is 1. The Kier molecular flexibility index (Phi) is 7.01. The van der Waals surface area contributed by atoms with Crippen LogP contribution in [0.4, 0.5) is 0 Å². The molecule has 2 aromatic rings. The lowest BCUT2D eigenvalue weighted by Crippen LogP contribution is -2.53. The van der Waals surface area contributed by atoms with Crippen LogP contribution in [0, 0.1) is 22.7 Å². The topological polar surface area (TPSA) is 65.7 Å². The number of hydrogen-bond acceptors (Lipinski definition) is 5. The average molecular weight is 465 g/mol. The summed E-state index contributed by atoms with van der Waals surface area (Å²) in [6, 6.07) is 10.9. The fraction of sp³-hybridized carbons (Fsp3) is 0.517. The second-order valence-corrected chi connectivity index (χ2v) is 10.4. The number of carbonyl (C=O) groups is 2. The third-order valence-electron chi connectivity index (χ3n) is 8.56. The van der Waals surface area contributed by atoms with Crippen LogP contribution in [-0.4, -0.2) is 19.0 Å². The smallest absolute Gasteiger partial charge is 0.338 e.